The summed E-state index contributed by atoms with van der Waals surface area (Å²) in [6.07, 6.45) is 2.00. The number of fused-ring (bicyclic) bond motifs is 1. The van der Waals surface area contributed by atoms with Crippen LogP contribution in [0.4, 0.5) is 5.69 Å². The Hall–Kier alpha value is -3.97. The van der Waals surface area contributed by atoms with Crippen molar-refractivity contribution in [2.24, 2.45) is 0 Å². The van der Waals surface area contributed by atoms with Crippen molar-refractivity contribution in [1.82, 2.24) is 15.8 Å². The Morgan fingerprint density at radius 3 is 2.74 bits per heavy atom. The molecule has 0 unspecified atom stereocenters. The van der Waals surface area contributed by atoms with E-state index in [1.54, 1.807) is 18.2 Å². The van der Waals surface area contributed by atoms with E-state index in [0.29, 0.717) is 20.7 Å². The lowest BCUT2D eigenvalue weighted by Crippen LogP contribution is -2.42. The van der Waals surface area contributed by atoms with Gasteiger partial charge in [0.25, 0.3) is 17.5 Å². The van der Waals surface area contributed by atoms with Crippen molar-refractivity contribution in [3.63, 3.8) is 0 Å². The van der Waals surface area contributed by atoms with Gasteiger partial charge in [-0.25, -0.2) is 0 Å². The number of thiocarbonyl (C=S) groups is 1. The fourth-order valence-corrected chi connectivity index (χ4v) is 4.63. The monoisotopic (exact) mass is 514 g/mol. The van der Waals surface area contributed by atoms with E-state index in [-0.39, 0.29) is 43.3 Å². The molecule has 2 aromatic rings. The predicted octanol–water partition coefficient (Wildman–Crippen LogP) is 2.77. The van der Waals surface area contributed by atoms with Crippen LogP contribution < -0.4 is 20.3 Å². The molecule has 180 valence electrons. The predicted molar refractivity (Wildman–Crippen MR) is 130 cm³/mol. The third-order valence-electron chi connectivity index (χ3n) is 5.01. The summed E-state index contributed by atoms with van der Waals surface area (Å²) in [6.45, 7) is 0.374. The van der Waals surface area contributed by atoms with Gasteiger partial charge in [0.2, 0.25) is 12.7 Å². The molecule has 11 nitrogen and oxygen atoms in total. The number of hydrogen-bond donors (Lipinski definition) is 2. The maximum absolute atomic E-state index is 12.8. The van der Waals surface area contributed by atoms with Gasteiger partial charge in [-0.15, -0.1) is 0 Å². The minimum atomic E-state index is -0.809. The number of carbonyl (C=O) groups is 3. The standard InChI is InChI=1S/C22H18N4O7S2/c27-19(23-24-20(28)14-4-1-2-5-15(14)26(30)31)6-3-9-25-21(29)18(35-22(25)34)11-13-7-8-16-17(10-13)33-12-32-16/h1-2,4-5,7-8,10-11H,3,6,9,12H2,(H,23,27)(H,24,28)/b18-11-. The number of amides is 3. The number of hydrogen-bond acceptors (Lipinski definition) is 9. The van der Waals surface area contributed by atoms with E-state index in [1.807, 2.05) is 6.07 Å². The van der Waals surface area contributed by atoms with E-state index in [1.165, 1.54) is 40.9 Å². The highest BCUT2D eigenvalue weighted by atomic mass is 32.2. The van der Waals surface area contributed by atoms with Crippen LogP contribution in [0.2, 0.25) is 0 Å². The molecular weight excluding hydrogens is 496 g/mol. The number of nitro groups is 1. The van der Waals surface area contributed by atoms with Gasteiger partial charge < -0.3 is 9.47 Å². The number of nitrogens with zero attached hydrogens (tertiary/aromatic N) is 2. The molecule has 0 aliphatic carbocycles. The lowest BCUT2D eigenvalue weighted by Gasteiger charge is -2.14. The molecule has 3 amide bonds. The van der Waals surface area contributed by atoms with Crippen molar-refractivity contribution in [2.45, 2.75) is 12.8 Å². The Morgan fingerprint density at radius 1 is 1.17 bits per heavy atom. The molecule has 2 N–H and O–H groups in total. The molecule has 4 rings (SSSR count). The first-order valence-electron chi connectivity index (χ1n) is 10.3. The van der Waals surface area contributed by atoms with Crippen LogP contribution in [0.15, 0.2) is 47.4 Å². The summed E-state index contributed by atoms with van der Waals surface area (Å²) in [5, 5.41) is 11.0. The van der Waals surface area contributed by atoms with Crippen LogP contribution in [0.25, 0.3) is 6.08 Å². The lowest BCUT2D eigenvalue weighted by atomic mass is 10.2. The second-order valence-electron chi connectivity index (χ2n) is 7.33. The molecule has 0 aromatic heterocycles. The summed E-state index contributed by atoms with van der Waals surface area (Å²) in [6, 6.07) is 10.7. The molecule has 2 aromatic carbocycles. The molecule has 2 heterocycles. The van der Waals surface area contributed by atoms with E-state index in [0.717, 1.165) is 5.56 Å². The molecule has 2 aliphatic heterocycles. The Kier molecular flexibility index (Phi) is 7.27. The van der Waals surface area contributed by atoms with Crippen molar-refractivity contribution < 1.29 is 28.8 Å². The molecule has 0 radical (unpaired) electrons. The van der Waals surface area contributed by atoms with Crippen molar-refractivity contribution in [3.05, 3.63) is 68.6 Å². The van der Waals surface area contributed by atoms with Gasteiger partial charge >= 0.3 is 0 Å². The topological polar surface area (TPSA) is 140 Å². The first kappa shape index (κ1) is 24.2. The highest BCUT2D eigenvalue weighted by Gasteiger charge is 2.31. The van der Waals surface area contributed by atoms with Gasteiger partial charge in [0, 0.05) is 19.0 Å². The van der Waals surface area contributed by atoms with E-state index in [9.17, 15) is 24.5 Å². The molecule has 13 heteroatoms. The molecule has 1 saturated heterocycles. The number of benzene rings is 2. The summed E-state index contributed by atoms with van der Waals surface area (Å²) in [5.41, 5.74) is 4.60. The molecule has 2 aliphatic rings. The first-order chi connectivity index (χ1) is 16.8. The average molecular weight is 515 g/mol. The minimum absolute atomic E-state index is 0.00453. The van der Waals surface area contributed by atoms with E-state index in [4.69, 9.17) is 21.7 Å². The third-order valence-corrected chi connectivity index (χ3v) is 6.39. The summed E-state index contributed by atoms with van der Waals surface area (Å²) in [5.74, 6) is -0.336. The van der Waals surface area contributed by atoms with E-state index < -0.39 is 16.7 Å². The van der Waals surface area contributed by atoms with Crippen LogP contribution in [-0.2, 0) is 9.59 Å². The van der Waals surface area contributed by atoms with Gasteiger partial charge in [-0.3, -0.25) is 40.2 Å². The van der Waals surface area contributed by atoms with Crippen molar-refractivity contribution in [2.75, 3.05) is 13.3 Å². The van der Waals surface area contributed by atoms with Crippen LogP contribution >= 0.6 is 24.0 Å². The lowest BCUT2D eigenvalue weighted by molar-refractivity contribution is -0.385. The van der Waals surface area contributed by atoms with Crippen LogP contribution in [0.1, 0.15) is 28.8 Å². The minimum Gasteiger partial charge on any atom is -0.454 e. The largest absolute Gasteiger partial charge is 0.454 e. The summed E-state index contributed by atoms with van der Waals surface area (Å²) < 4.78 is 11.0. The SMILES string of the molecule is O=C(CCCN1C(=O)/C(=C/c2ccc3c(c2)OCO3)SC1=S)NNC(=O)c1ccccc1[N+](=O)[O-]. The zero-order chi connectivity index (χ0) is 24.9. The number of thioether (sulfide) groups is 1. The van der Waals surface area contributed by atoms with Gasteiger partial charge in [0.05, 0.1) is 9.83 Å². The van der Waals surface area contributed by atoms with Crippen LogP contribution in [0.3, 0.4) is 0 Å². The summed E-state index contributed by atoms with van der Waals surface area (Å²) in [7, 11) is 0. The molecule has 0 saturated carbocycles. The van der Waals surface area contributed by atoms with Crippen LogP contribution in [-0.4, -0.2) is 45.2 Å². The van der Waals surface area contributed by atoms with E-state index >= 15 is 0 Å². The molecule has 1 fully saturated rings. The normalized spacial score (nSPS) is 15.4. The average Bonchev–Trinajstić information content (AvgIpc) is 3.41. The van der Waals surface area contributed by atoms with Crippen molar-refractivity contribution >= 4 is 57.8 Å². The number of nitrogens with one attached hydrogen (secondary N) is 2. The second-order valence-corrected chi connectivity index (χ2v) is 9.00. The quantitative estimate of drug-likeness (QED) is 0.247. The second kappa shape index (κ2) is 10.5. The molecule has 0 atom stereocenters. The van der Waals surface area contributed by atoms with Gasteiger partial charge in [-0.2, -0.15) is 0 Å². The van der Waals surface area contributed by atoms with Crippen LogP contribution in [0, 0.1) is 10.1 Å². The van der Waals surface area contributed by atoms with Crippen LogP contribution in [0.5, 0.6) is 11.5 Å². The highest BCUT2D eigenvalue weighted by molar-refractivity contribution is 8.26. The molecule has 35 heavy (non-hydrogen) atoms. The number of rotatable bonds is 7. The Labute approximate surface area is 208 Å². The fraction of sp³-hybridized carbons (Fsp3) is 0.182. The molecule has 0 bridgehead atoms. The molecule has 0 spiro atoms. The number of para-hydroxylation sites is 1. The van der Waals surface area contributed by atoms with Gasteiger partial charge in [-0.05, 0) is 36.3 Å². The fourth-order valence-electron chi connectivity index (χ4n) is 3.33. The maximum Gasteiger partial charge on any atom is 0.282 e. The van der Waals surface area contributed by atoms with Gasteiger partial charge in [-0.1, -0.05) is 42.2 Å². The number of hydrazine groups is 1. The van der Waals surface area contributed by atoms with Crippen molar-refractivity contribution in [3.8, 4) is 11.5 Å². The van der Waals surface area contributed by atoms with Gasteiger partial charge in [0.15, 0.2) is 11.5 Å². The summed E-state index contributed by atoms with van der Waals surface area (Å²) in [4.78, 5) is 49.3. The van der Waals surface area contributed by atoms with Gasteiger partial charge in [0.1, 0.15) is 9.88 Å². The zero-order valence-electron chi connectivity index (χ0n) is 18.0. The Morgan fingerprint density at radius 2 is 1.94 bits per heavy atom. The maximum atomic E-state index is 12.8. The number of nitro benzene ring substituents is 1. The zero-order valence-corrected chi connectivity index (χ0v) is 19.6. The first-order valence-corrected chi connectivity index (χ1v) is 11.5. The number of carbonyl (C=O) groups excluding carboxylic acids is 3. The smallest absolute Gasteiger partial charge is 0.282 e. The molecular formula is C22H18N4O7S2. The Bertz CT molecular complexity index is 1260. The van der Waals surface area contributed by atoms with Crippen molar-refractivity contribution in [1.29, 1.82) is 0 Å². The highest BCUT2D eigenvalue weighted by Crippen LogP contribution is 2.36. The van der Waals surface area contributed by atoms with E-state index in [2.05, 4.69) is 10.9 Å². The summed E-state index contributed by atoms with van der Waals surface area (Å²) >= 11 is 6.48. The Balaban J connectivity index is 1.26. The third kappa shape index (κ3) is 5.58. The number of ether oxygens (including phenoxy) is 2.